The Morgan fingerprint density at radius 1 is 1.23 bits per heavy atom. The van der Waals surface area contributed by atoms with Crippen molar-refractivity contribution in [1.82, 2.24) is 24.7 Å². The average molecular weight is 526 g/mol. The number of hydrogen-bond acceptors (Lipinski definition) is 7. The minimum absolute atomic E-state index is 0.0128. The van der Waals surface area contributed by atoms with Crippen molar-refractivity contribution >= 4 is 40.1 Å². The number of benzene rings is 2. The lowest BCUT2D eigenvalue weighted by molar-refractivity contribution is -0.0571. The summed E-state index contributed by atoms with van der Waals surface area (Å²) in [5, 5.41) is 4.30. The van der Waals surface area contributed by atoms with E-state index in [0.29, 0.717) is 35.7 Å². The number of nitrogens with zero attached hydrogens (tertiary/aromatic N) is 5. The summed E-state index contributed by atoms with van der Waals surface area (Å²) >= 11 is 0. The number of piperidine rings is 1. The van der Waals surface area contributed by atoms with E-state index in [2.05, 4.69) is 33.1 Å². The first-order valence-corrected chi connectivity index (χ1v) is 13.2. The molecule has 2 atom stereocenters. The van der Waals surface area contributed by atoms with Gasteiger partial charge in [-0.15, -0.1) is 0 Å². The Hall–Kier alpha value is -4.31. The Balaban J connectivity index is 1.23. The van der Waals surface area contributed by atoms with Crippen LogP contribution in [0.25, 0.3) is 22.1 Å². The molecule has 4 aromatic rings. The molecule has 9 nitrogen and oxygen atoms in total. The third-order valence-electron chi connectivity index (χ3n) is 7.87. The predicted octanol–water partition coefficient (Wildman–Crippen LogP) is 4.23. The van der Waals surface area contributed by atoms with Gasteiger partial charge in [-0.1, -0.05) is 18.7 Å². The van der Waals surface area contributed by atoms with Crippen molar-refractivity contribution in [2.24, 2.45) is 5.10 Å². The van der Waals surface area contributed by atoms with Crippen molar-refractivity contribution in [3.63, 3.8) is 0 Å². The van der Waals surface area contributed by atoms with Crippen molar-refractivity contribution in [1.29, 1.82) is 0 Å². The largest absolute Gasteiger partial charge is 0.382 e. The highest BCUT2D eigenvalue weighted by atomic mass is 19.1. The number of halogens is 1. The molecule has 10 heteroatoms. The summed E-state index contributed by atoms with van der Waals surface area (Å²) in [4.78, 5) is 24.2. The molecule has 1 aliphatic carbocycles. The number of imidazole rings is 1. The second kappa shape index (κ2) is 9.16. The smallest absolute Gasteiger partial charge is 0.257 e. The van der Waals surface area contributed by atoms with Gasteiger partial charge in [0.2, 0.25) is 0 Å². The van der Waals surface area contributed by atoms with Gasteiger partial charge in [0.25, 0.3) is 5.91 Å². The van der Waals surface area contributed by atoms with E-state index >= 15 is 4.39 Å². The van der Waals surface area contributed by atoms with Crippen LogP contribution < -0.4 is 11.2 Å². The summed E-state index contributed by atoms with van der Waals surface area (Å²) in [5.74, 6) is -0.762. The number of likely N-dealkylation sites (tertiary alicyclic amines) is 1. The zero-order valence-corrected chi connectivity index (χ0v) is 21.3. The molecule has 3 N–H and O–H groups in total. The first-order chi connectivity index (χ1) is 19.0. The minimum atomic E-state index is -0.635. The lowest BCUT2D eigenvalue weighted by Crippen LogP contribution is -2.48. The van der Waals surface area contributed by atoms with Gasteiger partial charge in [-0.05, 0) is 60.1 Å². The van der Waals surface area contributed by atoms with Crippen LogP contribution in [0.5, 0.6) is 0 Å². The summed E-state index contributed by atoms with van der Waals surface area (Å²) in [6.45, 7) is 5.12. The molecule has 0 spiro atoms. The van der Waals surface area contributed by atoms with Gasteiger partial charge < -0.3 is 20.8 Å². The summed E-state index contributed by atoms with van der Waals surface area (Å²) in [5.41, 5.74) is 14.4. The number of carbonyl (C=O) groups excluding carboxylic acids is 1. The first-order valence-electron chi connectivity index (χ1n) is 13.2. The highest BCUT2D eigenvalue weighted by Crippen LogP contribution is 2.41. The van der Waals surface area contributed by atoms with Gasteiger partial charge in [0.1, 0.15) is 17.2 Å². The summed E-state index contributed by atoms with van der Waals surface area (Å²) < 4.78 is 23.4. The SMILES string of the molecule is C=C(/C=N\NC1CC1)c1ccc2c(c1)CO[C@H]1CCCN(C(=O)c3cc4c(cc3F)nc(N)c3cncn34)[C@@H]21. The minimum Gasteiger partial charge on any atom is -0.382 e. The Labute approximate surface area is 224 Å². The van der Waals surface area contributed by atoms with Crippen molar-refractivity contribution in [2.45, 2.75) is 50.5 Å². The van der Waals surface area contributed by atoms with Crippen LogP contribution in [0.2, 0.25) is 0 Å². The molecule has 2 aromatic heterocycles. The second-order valence-electron chi connectivity index (χ2n) is 10.5. The number of hydrazone groups is 1. The fourth-order valence-electron chi connectivity index (χ4n) is 5.67. The average Bonchev–Trinajstić information content (AvgIpc) is 3.63. The number of fused-ring (bicyclic) bond motifs is 6. The fraction of sp³-hybridized carbons (Fsp3) is 0.310. The molecule has 2 fully saturated rings. The molecule has 1 amide bonds. The molecular formula is C29H28FN7O2. The third-order valence-corrected chi connectivity index (χ3v) is 7.87. The molecule has 3 aliphatic rings. The highest BCUT2D eigenvalue weighted by Gasteiger charge is 2.40. The predicted molar refractivity (Wildman–Crippen MR) is 147 cm³/mol. The van der Waals surface area contributed by atoms with E-state index in [9.17, 15) is 4.79 Å². The molecule has 39 heavy (non-hydrogen) atoms. The molecule has 0 bridgehead atoms. The van der Waals surface area contributed by atoms with E-state index in [0.717, 1.165) is 47.9 Å². The van der Waals surface area contributed by atoms with Gasteiger partial charge in [-0.2, -0.15) is 5.10 Å². The van der Waals surface area contributed by atoms with Crippen LogP contribution in [-0.2, 0) is 11.3 Å². The Bertz CT molecular complexity index is 1680. The molecule has 0 unspecified atom stereocenters. The van der Waals surface area contributed by atoms with Crippen LogP contribution in [0, 0.1) is 5.82 Å². The molecule has 198 valence electrons. The maximum atomic E-state index is 15.4. The molecule has 4 heterocycles. The van der Waals surface area contributed by atoms with E-state index in [-0.39, 0.29) is 29.4 Å². The Kier molecular flexibility index (Phi) is 5.59. The number of allylic oxidation sites excluding steroid dienone is 1. The summed E-state index contributed by atoms with van der Waals surface area (Å²) in [6.07, 6.45) is 8.69. The van der Waals surface area contributed by atoms with Gasteiger partial charge in [0.05, 0.1) is 54.1 Å². The Morgan fingerprint density at radius 2 is 2.10 bits per heavy atom. The highest BCUT2D eigenvalue weighted by molar-refractivity contribution is 6.08. The fourth-order valence-corrected chi connectivity index (χ4v) is 5.67. The van der Waals surface area contributed by atoms with Crippen molar-refractivity contribution in [2.75, 3.05) is 12.3 Å². The van der Waals surface area contributed by atoms with Gasteiger partial charge in [-0.3, -0.25) is 9.20 Å². The number of nitrogens with two attached hydrogens (primary N) is 1. The number of ether oxygens (including phenoxy) is 1. The molecule has 0 radical (unpaired) electrons. The molecule has 2 aromatic carbocycles. The van der Waals surface area contributed by atoms with E-state index in [1.807, 2.05) is 12.1 Å². The topological polar surface area (TPSA) is 110 Å². The first kappa shape index (κ1) is 23.8. The van der Waals surface area contributed by atoms with Crippen LogP contribution in [-0.4, -0.2) is 50.1 Å². The zero-order chi connectivity index (χ0) is 26.7. The number of nitrogen functional groups attached to an aromatic ring is 1. The number of nitrogens with one attached hydrogen (secondary N) is 1. The second-order valence-corrected chi connectivity index (χ2v) is 10.5. The number of rotatable bonds is 5. The number of amides is 1. The molecule has 7 rings (SSSR count). The quantitative estimate of drug-likeness (QED) is 0.298. The summed E-state index contributed by atoms with van der Waals surface area (Å²) in [7, 11) is 0. The van der Waals surface area contributed by atoms with Crippen LogP contribution in [0.4, 0.5) is 10.2 Å². The molecule has 1 saturated carbocycles. The van der Waals surface area contributed by atoms with Crippen LogP contribution in [0.15, 0.2) is 54.5 Å². The van der Waals surface area contributed by atoms with Crippen molar-refractivity contribution < 1.29 is 13.9 Å². The zero-order valence-electron chi connectivity index (χ0n) is 21.3. The monoisotopic (exact) mass is 525 g/mol. The number of aromatic nitrogens is 3. The van der Waals surface area contributed by atoms with E-state index in [4.69, 9.17) is 10.5 Å². The van der Waals surface area contributed by atoms with Gasteiger partial charge in [0, 0.05) is 18.7 Å². The lowest BCUT2D eigenvalue weighted by atomic mass is 9.85. The summed E-state index contributed by atoms with van der Waals surface area (Å²) in [6, 6.07) is 9.08. The van der Waals surface area contributed by atoms with E-state index in [1.54, 1.807) is 34.1 Å². The van der Waals surface area contributed by atoms with Crippen LogP contribution in [0.3, 0.4) is 0 Å². The number of anilines is 1. The molecular weight excluding hydrogens is 497 g/mol. The van der Waals surface area contributed by atoms with Crippen molar-refractivity contribution in [3.8, 4) is 0 Å². The van der Waals surface area contributed by atoms with Crippen LogP contribution in [0.1, 0.15) is 58.8 Å². The maximum Gasteiger partial charge on any atom is 0.257 e. The van der Waals surface area contributed by atoms with Gasteiger partial charge in [-0.25, -0.2) is 14.4 Å². The normalized spacial score (nSPS) is 20.8. The van der Waals surface area contributed by atoms with E-state index < -0.39 is 5.82 Å². The van der Waals surface area contributed by atoms with Crippen molar-refractivity contribution in [3.05, 3.63) is 77.5 Å². The molecule has 1 saturated heterocycles. The maximum absolute atomic E-state index is 15.4. The van der Waals surface area contributed by atoms with E-state index in [1.165, 1.54) is 6.07 Å². The van der Waals surface area contributed by atoms with Crippen LogP contribution >= 0.6 is 0 Å². The molecule has 2 aliphatic heterocycles. The number of hydrogen-bond donors (Lipinski definition) is 2. The third kappa shape index (κ3) is 4.11. The Morgan fingerprint density at radius 3 is 2.95 bits per heavy atom. The standard InChI is InChI=1S/C29H28FN7O2/c1-16(12-33-35-19-5-6-19)17-4-7-20-18(9-17)14-39-26-3-2-8-36(27(20)26)29(38)21-10-24-23(11-22(21)30)34-28(31)25-13-32-15-37(24)25/h4,7,9-13,15,19,26-27,35H,1-3,5-6,8,14H2,(H2,31,34)/b33-12-/t26-,27-/m0/s1. The van der Waals surface area contributed by atoms with Gasteiger partial charge >= 0.3 is 0 Å². The number of carbonyl (C=O) groups is 1. The van der Waals surface area contributed by atoms with Gasteiger partial charge in [0.15, 0.2) is 0 Å². The lowest BCUT2D eigenvalue weighted by Gasteiger charge is -2.44.